The average molecular weight is 757 g/mol. The second-order valence-corrected chi connectivity index (χ2v) is 12.1. The van der Waals surface area contributed by atoms with Crippen LogP contribution in [0.15, 0.2) is 72.8 Å². The van der Waals surface area contributed by atoms with Crippen LogP contribution in [0.1, 0.15) is 35.2 Å². The highest BCUT2D eigenvalue weighted by Crippen LogP contribution is 2.48. The summed E-state index contributed by atoms with van der Waals surface area (Å²) in [4.78, 5) is 61.5. The van der Waals surface area contributed by atoms with Crippen LogP contribution < -0.4 is 36.1 Å². The maximum Gasteiger partial charge on any atom is 0.422 e. The summed E-state index contributed by atoms with van der Waals surface area (Å²) in [7, 11) is 1.44. The van der Waals surface area contributed by atoms with Gasteiger partial charge in [-0.1, -0.05) is 29.8 Å². The number of nitrogens with one attached hydrogen (secondary N) is 5. The zero-order valence-corrected chi connectivity index (χ0v) is 28.5. The molecule has 4 aromatic rings. The molecule has 278 valence electrons. The highest BCUT2D eigenvalue weighted by Gasteiger charge is 2.45. The Bertz CT molecular complexity index is 1960. The van der Waals surface area contributed by atoms with E-state index in [9.17, 15) is 37.5 Å². The van der Waals surface area contributed by atoms with Crippen LogP contribution in [0, 0.1) is 0 Å². The molecule has 0 unspecified atom stereocenters. The Labute approximate surface area is 304 Å². The maximum atomic E-state index is 12.9. The molecule has 1 aliphatic carbocycles. The quantitative estimate of drug-likeness (QED) is 0.0918. The molecule has 1 aliphatic rings. The minimum Gasteiger partial charge on any atom is -0.497 e. The maximum absolute atomic E-state index is 12.9. The van der Waals surface area contributed by atoms with Crippen molar-refractivity contribution in [2.45, 2.75) is 37.0 Å². The van der Waals surface area contributed by atoms with Gasteiger partial charge in [-0.2, -0.15) is 28.1 Å². The number of benzene rings is 3. The van der Waals surface area contributed by atoms with Crippen molar-refractivity contribution in [1.29, 1.82) is 0 Å². The van der Waals surface area contributed by atoms with E-state index in [1.54, 1.807) is 30.3 Å². The van der Waals surface area contributed by atoms with Crippen molar-refractivity contribution in [3.8, 4) is 11.8 Å². The number of rotatable bonds is 15. The zero-order chi connectivity index (χ0) is 38.2. The van der Waals surface area contributed by atoms with Gasteiger partial charge < -0.3 is 41.2 Å². The lowest BCUT2D eigenvalue weighted by molar-refractivity contribution is -0.154. The molecule has 1 saturated carbocycles. The fourth-order valence-electron chi connectivity index (χ4n) is 4.91. The molecule has 1 atom stereocenters. The zero-order valence-electron chi connectivity index (χ0n) is 27.8. The number of nitrogens with zero attached hydrogens (tertiary/aromatic N) is 3. The highest BCUT2D eigenvalue weighted by atomic mass is 35.5. The van der Waals surface area contributed by atoms with E-state index in [1.165, 1.54) is 37.4 Å². The number of carboxylic acids is 1. The molecule has 53 heavy (non-hydrogen) atoms. The van der Waals surface area contributed by atoms with Crippen molar-refractivity contribution in [2.75, 3.05) is 36.2 Å². The van der Waals surface area contributed by atoms with E-state index < -0.39 is 54.1 Å². The monoisotopic (exact) mass is 756 g/mol. The molecule has 1 heterocycles. The van der Waals surface area contributed by atoms with Crippen molar-refractivity contribution < 1.29 is 46.9 Å². The van der Waals surface area contributed by atoms with E-state index in [1.807, 2.05) is 12.1 Å². The van der Waals surface area contributed by atoms with Crippen LogP contribution >= 0.6 is 11.6 Å². The predicted octanol–water partition coefficient (Wildman–Crippen LogP) is 4.65. The summed E-state index contributed by atoms with van der Waals surface area (Å²) < 4.78 is 48.6. The average Bonchev–Trinajstić information content (AvgIpc) is 3.90. The van der Waals surface area contributed by atoms with Crippen molar-refractivity contribution in [3.05, 3.63) is 88.9 Å². The number of carbonyl (C=O) groups excluding carboxylic acids is 3. The molecular formula is C34H32ClF3N8O7. The third-order valence-corrected chi connectivity index (χ3v) is 7.99. The van der Waals surface area contributed by atoms with Gasteiger partial charge in [0.2, 0.25) is 11.9 Å². The number of halogens is 4. The molecule has 1 aromatic heterocycles. The lowest BCUT2D eigenvalue weighted by atomic mass is 10.1. The van der Waals surface area contributed by atoms with E-state index in [-0.39, 0.29) is 30.4 Å². The summed E-state index contributed by atoms with van der Waals surface area (Å²) in [5.41, 5.74) is 1.02. The van der Waals surface area contributed by atoms with Gasteiger partial charge in [0.25, 0.3) is 5.91 Å². The number of aromatic nitrogens is 3. The first-order valence-electron chi connectivity index (χ1n) is 15.9. The summed E-state index contributed by atoms with van der Waals surface area (Å²) in [5, 5.41) is 23.3. The Hall–Kier alpha value is -6.17. The first-order valence-corrected chi connectivity index (χ1v) is 16.2. The van der Waals surface area contributed by atoms with Crippen molar-refractivity contribution in [3.63, 3.8) is 0 Å². The van der Waals surface area contributed by atoms with Crippen LogP contribution in [0.2, 0.25) is 5.02 Å². The van der Waals surface area contributed by atoms with Crippen LogP contribution in [0.3, 0.4) is 0 Å². The Morgan fingerprint density at radius 3 is 2.26 bits per heavy atom. The van der Waals surface area contributed by atoms with Crippen LogP contribution in [0.5, 0.6) is 11.8 Å². The molecule has 0 aliphatic heterocycles. The number of hydrogen-bond acceptors (Lipinski definition) is 11. The number of alkyl halides is 3. The lowest BCUT2D eigenvalue weighted by Crippen LogP contribution is -2.44. The van der Waals surface area contributed by atoms with Gasteiger partial charge in [0, 0.05) is 34.6 Å². The molecule has 0 bridgehead atoms. The topological polar surface area (TPSA) is 206 Å². The number of amides is 3. The van der Waals surface area contributed by atoms with Crippen molar-refractivity contribution in [2.24, 2.45) is 0 Å². The largest absolute Gasteiger partial charge is 0.497 e. The Kier molecular flexibility index (Phi) is 11.8. The summed E-state index contributed by atoms with van der Waals surface area (Å²) in [6.45, 7) is -1.88. The molecule has 15 nitrogen and oxygen atoms in total. The van der Waals surface area contributed by atoms with E-state index in [4.69, 9.17) is 21.1 Å². The van der Waals surface area contributed by atoms with Gasteiger partial charge in [-0.25, -0.2) is 4.79 Å². The molecular weight excluding hydrogens is 725 g/mol. The highest BCUT2D eigenvalue weighted by molar-refractivity contribution is 6.39. The van der Waals surface area contributed by atoms with Crippen molar-refractivity contribution in [1.82, 2.24) is 25.6 Å². The fraction of sp³-hybridized carbons (Fsp3) is 0.265. The normalized spacial score (nSPS) is 13.5. The molecule has 0 spiro atoms. The second-order valence-electron chi connectivity index (χ2n) is 11.7. The van der Waals surface area contributed by atoms with Crippen molar-refractivity contribution >= 4 is 58.6 Å². The number of carbonyl (C=O) groups is 4. The van der Waals surface area contributed by atoms with Crippen LogP contribution in [0.4, 0.5) is 36.4 Å². The van der Waals surface area contributed by atoms with Crippen LogP contribution in [-0.4, -0.2) is 76.2 Å². The smallest absolute Gasteiger partial charge is 0.422 e. The van der Waals surface area contributed by atoms with E-state index in [0.717, 1.165) is 5.56 Å². The van der Waals surface area contributed by atoms with E-state index in [0.29, 0.717) is 35.0 Å². The van der Waals surface area contributed by atoms with Gasteiger partial charge in [-0.05, 0) is 73.4 Å². The fourth-order valence-corrected chi connectivity index (χ4v) is 5.03. The summed E-state index contributed by atoms with van der Waals surface area (Å²) in [5.74, 6) is -3.87. The number of carboxylic acid groups (broad SMARTS) is 1. The molecule has 3 aromatic carbocycles. The molecule has 6 N–H and O–H groups in total. The molecule has 3 amide bonds. The van der Waals surface area contributed by atoms with Gasteiger partial charge >= 0.3 is 30.0 Å². The Morgan fingerprint density at radius 2 is 1.62 bits per heavy atom. The molecule has 5 rings (SSSR count). The van der Waals surface area contributed by atoms with Crippen LogP contribution in [0.25, 0.3) is 0 Å². The van der Waals surface area contributed by atoms with E-state index in [2.05, 4.69) is 41.5 Å². The number of ether oxygens (including phenoxy) is 2. The molecule has 1 fully saturated rings. The van der Waals surface area contributed by atoms with Gasteiger partial charge in [0.05, 0.1) is 12.6 Å². The number of methoxy groups -OCH3 is 1. The Morgan fingerprint density at radius 1 is 0.925 bits per heavy atom. The molecule has 0 saturated heterocycles. The summed E-state index contributed by atoms with van der Waals surface area (Å²) >= 11 is 6.01. The SMILES string of the molecule is COc1cccc(NC(=O)C(=O)NCC[C@H](NC(=O)c2ccc(Nc3nc(NC4(c5ccc(Cl)cc5)CC4)nc(OCC(F)(F)F)n3)cc2)C(=O)O)c1. The predicted molar refractivity (Wildman–Crippen MR) is 185 cm³/mol. The number of anilines is 4. The number of aliphatic carboxylic acids is 1. The second kappa shape index (κ2) is 16.4. The van der Waals surface area contributed by atoms with Gasteiger partial charge in [-0.3, -0.25) is 14.4 Å². The first-order chi connectivity index (χ1) is 25.2. The molecule has 19 heteroatoms. The minimum atomic E-state index is -4.65. The lowest BCUT2D eigenvalue weighted by Gasteiger charge is -2.19. The third-order valence-electron chi connectivity index (χ3n) is 7.74. The summed E-state index contributed by atoms with van der Waals surface area (Å²) in [6.07, 6.45) is -3.49. The third kappa shape index (κ3) is 10.9. The van der Waals surface area contributed by atoms with Gasteiger partial charge in [-0.15, -0.1) is 0 Å². The van der Waals surface area contributed by atoms with Gasteiger partial charge in [0.1, 0.15) is 11.8 Å². The van der Waals surface area contributed by atoms with Gasteiger partial charge in [0.15, 0.2) is 6.61 Å². The molecule has 0 radical (unpaired) electrons. The standard InChI is InChI=1S/C34H32ClF3N8O7/c1-52-24-4-2-3-23(17-24)40-28(49)27(48)39-16-13-25(29(50)51)42-26(47)19-5-11-22(12-6-19)41-30-43-31(45-32(44-30)53-18-34(36,37)38)46-33(14-15-33)20-7-9-21(35)10-8-20/h2-12,17,25H,13-16,18H2,1H3,(H,39,48)(H,40,49)(H,42,47)(H,50,51)(H2,41,43,44,45,46)/t25-/m0/s1. The van der Waals surface area contributed by atoms with E-state index >= 15 is 0 Å². The Balaban J connectivity index is 1.19. The number of hydrogen-bond donors (Lipinski definition) is 6. The van der Waals surface area contributed by atoms with Crippen LogP contribution in [-0.2, 0) is 19.9 Å². The minimum absolute atomic E-state index is 0.0449. The summed E-state index contributed by atoms with van der Waals surface area (Å²) in [6, 6.07) is 17.0. The first kappa shape index (κ1) is 38.1.